The first-order valence-corrected chi connectivity index (χ1v) is 6.19. The molecule has 0 bridgehead atoms. The van der Waals surface area contributed by atoms with Crippen molar-refractivity contribution in [1.29, 1.82) is 0 Å². The molecule has 3 heteroatoms. The van der Waals surface area contributed by atoms with Gasteiger partial charge in [0, 0.05) is 25.7 Å². The smallest absolute Gasteiger partial charge is 0.0431 e. The van der Waals surface area contributed by atoms with Gasteiger partial charge < -0.3 is 15.7 Å². The third-order valence-electron chi connectivity index (χ3n) is 3.17. The summed E-state index contributed by atoms with van der Waals surface area (Å²) in [4.78, 5) is 0. The second-order valence-corrected chi connectivity index (χ2v) is 5.42. The Balaban J connectivity index is 2.06. The fourth-order valence-electron chi connectivity index (χ4n) is 2.16. The Labute approximate surface area is 93.6 Å². The minimum absolute atomic E-state index is 0.307. The Hall–Kier alpha value is -0.120. The number of rotatable bonds is 7. The number of hydrogen-bond donors (Lipinski definition) is 3. The highest BCUT2D eigenvalue weighted by Gasteiger charge is 2.18. The molecule has 1 heterocycles. The summed E-state index contributed by atoms with van der Waals surface area (Å²) in [5, 5.41) is 15.8. The van der Waals surface area contributed by atoms with Crippen molar-refractivity contribution in [2.75, 3.05) is 26.2 Å². The third kappa shape index (κ3) is 5.50. The molecule has 0 saturated carbocycles. The van der Waals surface area contributed by atoms with Gasteiger partial charge >= 0.3 is 0 Å². The Kier molecular flexibility index (Phi) is 5.58. The Bertz CT molecular complexity index is 165. The van der Waals surface area contributed by atoms with Crippen LogP contribution in [0.5, 0.6) is 0 Å². The predicted octanol–water partition coefficient (Wildman–Crippen LogP) is 1.13. The summed E-state index contributed by atoms with van der Waals surface area (Å²) in [7, 11) is 0. The number of aliphatic hydroxyl groups excluding tert-OH is 1. The van der Waals surface area contributed by atoms with E-state index < -0.39 is 0 Å². The summed E-state index contributed by atoms with van der Waals surface area (Å²) in [6, 6.07) is 0.679. The van der Waals surface area contributed by atoms with E-state index in [9.17, 15) is 0 Å². The lowest BCUT2D eigenvalue weighted by Crippen LogP contribution is -2.38. The van der Waals surface area contributed by atoms with Crippen molar-refractivity contribution < 1.29 is 5.11 Å². The summed E-state index contributed by atoms with van der Waals surface area (Å²) in [5.41, 5.74) is 0.307. The Morgan fingerprint density at radius 2 is 2.27 bits per heavy atom. The van der Waals surface area contributed by atoms with Crippen LogP contribution in [-0.2, 0) is 0 Å². The molecule has 3 N–H and O–H groups in total. The van der Waals surface area contributed by atoms with Crippen molar-refractivity contribution in [2.45, 2.75) is 45.6 Å². The first-order chi connectivity index (χ1) is 7.14. The lowest BCUT2D eigenvalue weighted by molar-refractivity contribution is 0.235. The number of aliphatic hydroxyl groups is 1. The van der Waals surface area contributed by atoms with Crippen molar-refractivity contribution >= 4 is 0 Å². The third-order valence-corrected chi connectivity index (χ3v) is 3.17. The van der Waals surface area contributed by atoms with Gasteiger partial charge in [0.25, 0.3) is 0 Å². The number of nitrogens with one attached hydrogen (secondary N) is 2. The maximum Gasteiger partial charge on any atom is 0.0431 e. The number of hydrogen-bond acceptors (Lipinski definition) is 3. The van der Waals surface area contributed by atoms with Crippen molar-refractivity contribution in [3.63, 3.8) is 0 Å². The van der Waals surface area contributed by atoms with Gasteiger partial charge in [0.1, 0.15) is 0 Å². The van der Waals surface area contributed by atoms with Crippen LogP contribution in [0.1, 0.15) is 39.5 Å². The first-order valence-electron chi connectivity index (χ1n) is 6.19. The zero-order valence-corrected chi connectivity index (χ0v) is 10.2. The molecule has 1 aliphatic rings. The van der Waals surface area contributed by atoms with E-state index in [1.165, 1.54) is 19.4 Å². The second-order valence-electron chi connectivity index (χ2n) is 5.42. The molecule has 1 aliphatic heterocycles. The monoisotopic (exact) mass is 214 g/mol. The van der Waals surface area contributed by atoms with Crippen LogP contribution in [0.4, 0.5) is 0 Å². The highest BCUT2D eigenvalue weighted by Crippen LogP contribution is 2.20. The van der Waals surface area contributed by atoms with E-state index in [0.717, 1.165) is 25.9 Å². The summed E-state index contributed by atoms with van der Waals surface area (Å²) in [5.74, 6) is 0. The minimum Gasteiger partial charge on any atom is -0.396 e. The van der Waals surface area contributed by atoms with Crippen LogP contribution in [0, 0.1) is 5.41 Å². The van der Waals surface area contributed by atoms with Gasteiger partial charge in [0.2, 0.25) is 0 Å². The lowest BCUT2D eigenvalue weighted by Gasteiger charge is -2.25. The zero-order chi connectivity index (χ0) is 11.1. The summed E-state index contributed by atoms with van der Waals surface area (Å²) < 4.78 is 0. The summed E-state index contributed by atoms with van der Waals surface area (Å²) in [6.45, 7) is 8.15. The van der Waals surface area contributed by atoms with Gasteiger partial charge in [-0.1, -0.05) is 13.8 Å². The molecule has 0 aromatic rings. The lowest BCUT2D eigenvalue weighted by atomic mass is 9.88. The maximum absolute atomic E-state index is 8.80. The van der Waals surface area contributed by atoms with Gasteiger partial charge in [-0.2, -0.15) is 0 Å². The normalized spacial score (nSPS) is 22.2. The van der Waals surface area contributed by atoms with Crippen LogP contribution in [0.15, 0.2) is 0 Å². The fourth-order valence-corrected chi connectivity index (χ4v) is 2.16. The van der Waals surface area contributed by atoms with Crippen LogP contribution in [0.25, 0.3) is 0 Å². The largest absolute Gasteiger partial charge is 0.396 e. The highest BCUT2D eigenvalue weighted by molar-refractivity contribution is 4.78. The van der Waals surface area contributed by atoms with E-state index in [0.29, 0.717) is 18.1 Å². The Morgan fingerprint density at radius 1 is 1.47 bits per heavy atom. The summed E-state index contributed by atoms with van der Waals surface area (Å²) >= 11 is 0. The van der Waals surface area contributed by atoms with Crippen LogP contribution in [0.2, 0.25) is 0 Å². The molecule has 1 unspecified atom stereocenters. The SMILES string of the molecule is CC(C)(CCCO)CNCC1CCCN1. The van der Waals surface area contributed by atoms with Gasteiger partial charge in [0.15, 0.2) is 0 Å². The van der Waals surface area contributed by atoms with Gasteiger partial charge in [-0.15, -0.1) is 0 Å². The fraction of sp³-hybridized carbons (Fsp3) is 1.00. The molecule has 15 heavy (non-hydrogen) atoms. The maximum atomic E-state index is 8.80. The molecule has 90 valence electrons. The molecule has 0 aliphatic carbocycles. The van der Waals surface area contributed by atoms with E-state index in [1.54, 1.807) is 0 Å². The van der Waals surface area contributed by atoms with Crippen LogP contribution < -0.4 is 10.6 Å². The molecular formula is C12H26N2O. The quantitative estimate of drug-likeness (QED) is 0.595. The average molecular weight is 214 g/mol. The van der Waals surface area contributed by atoms with Gasteiger partial charge in [-0.3, -0.25) is 0 Å². The first kappa shape index (κ1) is 12.9. The molecule has 0 spiro atoms. The molecule has 1 rings (SSSR count). The van der Waals surface area contributed by atoms with Crippen molar-refractivity contribution in [2.24, 2.45) is 5.41 Å². The topological polar surface area (TPSA) is 44.3 Å². The molecule has 1 fully saturated rings. The van der Waals surface area contributed by atoms with E-state index >= 15 is 0 Å². The molecule has 0 aromatic heterocycles. The predicted molar refractivity (Wildman–Crippen MR) is 64.0 cm³/mol. The zero-order valence-electron chi connectivity index (χ0n) is 10.2. The van der Waals surface area contributed by atoms with Crippen LogP contribution >= 0.6 is 0 Å². The molecule has 0 amide bonds. The van der Waals surface area contributed by atoms with Gasteiger partial charge in [0.05, 0.1) is 0 Å². The van der Waals surface area contributed by atoms with Gasteiger partial charge in [-0.25, -0.2) is 0 Å². The van der Waals surface area contributed by atoms with Crippen molar-refractivity contribution in [3.8, 4) is 0 Å². The average Bonchev–Trinajstić information content (AvgIpc) is 2.67. The molecule has 0 aromatic carbocycles. The second kappa shape index (κ2) is 6.46. The highest BCUT2D eigenvalue weighted by atomic mass is 16.2. The van der Waals surface area contributed by atoms with E-state index in [2.05, 4.69) is 24.5 Å². The van der Waals surface area contributed by atoms with Crippen molar-refractivity contribution in [1.82, 2.24) is 10.6 Å². The standard InChI is InChI=1S/C12H26N2O/c1-12(2,6-4-8-15)10-13-9-11-5-3-7-14-11/h11,13-15H,3-10H2,1-2H3. The van der Waals surface area contributed by atoms with E-state index in [-0.39, 0.29) is 0 Å². The van der Waals surface area contributed by atoms with E-state index in [1.807, 2.05) is 0 Å². The van der Waals surface area contributed by atoms with Crippen molar-refractivity contribution in [3.05, 3.63) is 0 Å². The van der Waals surface area contributed by atoms with Crippen LogP contribution in [0.3, 0.4) is 0 Å². The van der Waals surface area contributed by atoms with Crippen LogP contribution in [-0.4, -0.2) is 37.4 Å². The Morgan fingerprint density at radius 3 is 2.87 bits per heavy atom. The van der Waals surface area contributed by atoms with E-state index in [4.69, 9.17) is 5.11 Å². The molecular weight excluding hydrogens is 188 g/mol. The molecule has 1 atom stereocenters. The molecule has 1 saturated heterocycles. The molecule has 3 nitrogen and oxygen atoms in total. The molecule has 0 radical (unpaired) electrons. The van der Waals surface area contributed by atoms with Gasteiger partial charge in [-0.05, 0) is 37.6 Å². The summed E-state index contributed by atoms with van der Waals surface area (Å²) in [6.07, 6.45) is 4.63. The minimum atomic E-state index is 0.307.